The zero-order valence-corrected chi connectivity index (χ0v) is 7.82. The number of nitrogens with two attached hydrogens (primary N) is 1. The molecule has 0 aliphatic carbocycles. The highest BCUT2D eigenvalue weighted by Crippen LogP contribution is 2.19. The van der Waals surface area contributed by atoms with E-state index in [9.17, 15) is 0 Å². The van der Waals surface area contributed by atoms with Gasteiger partial charge in [-0.05, 0) is 5.92 Å². The summed E-state index contributed by atoms with van der Waals surface area (Å²) >= 11 is 1.79. The van der Waals surface area contributed by atoms with Crippen molar-refractivity contribution >= 4 is 11.8 Å². The molecule has 0 heterocycles. The van der Waals surface area contributed by atoms with Crippen LogP contribution in [0.2, 0.25) is 0 Å². The number of hydrogen-bond acceptors (Lipinski definition) is 2. The summed E-state index contributed by atoms with van der Waals surface area (Å²) in [5.41, 5.74) is 5.82. The number of thioether (sulfide) groups is 1. The smallest absolute Gasteiger partial charge is 0.0570 e. The molecule has 1 nitrogen and oxygen atoms in total. The van der Waals surface area contributed by atoms with Crippen LogP contribution in [0, 0.1) is 5.92 Å². The van der Waals surface area contributed by atoms with Crippen molar-refractivity contribution in [3.8, 4) is 0 Å². The molecule has 0 fully saturated rings. The number of hydrogen-bond donors (Lipinski definition) is 1. The average Bonchev–Trinajstić information content (AvgIpc) is 1.85. The number of rotatable bonds is 4. The lowest BCUT2D eigenvalue weighted by Gasteiger charge is -2.17. The maximum absolute atomic E-state index is 5.82. The minimum atomic E-state index is 0.206. The molecule has 0 aliphatic heterocycles. The maximum atomic E-state index is 5.82. The molecule has 0 rings (SSSR count). The Morgan fingerprint density at radius 3 is 2.20 bits per heavy atom. The molecule has 0 aliphatic rings. The van der Waals surface area contributed by atoms with Crippen LogP contribution in [0.25, 0.3) is 0 Å². The molecule has 0 radical (unpaired) electrons. The highest BCUT2D eigenvalue weighted by Gasteiger charge is 2.10. The summed E-state index contributed by atoms with van der Waals surface area (Å²) in [7, 11) is 0. The summed E-state index contributed by atoms with van der Waals surface area (Å²) in [5, 5.41) is 0.815. The summed E-state index contributed by atoms with van der Waals surface area (Å²) in [4.78, 5) is 0. The Hall–Kier alpha value is 0.0500. The average molecular weight is 159 g/mol. The molecular weight excluding hydrogens is 142 g/mol. The van der Waals surface area contributed by atoms with Gasteiger partial charge in [0.2, 0.25) is 0 Å². The third kappa shape index (κ3) is 3.96. The highest BCUT2D eigenvalue weighted by atomic mass is 32.2. The second kappa shape index (κ2) is 4.80. The van der Waals surface area contributed by atoms with Crippen LogP contribution < -0.4 is 5.73 Å². The fourth-order valence-electron chi connectivity index (χ4n) is 0.572. The van der Waals surface area contributed by atoms with Crippen LogP contribution in [0.15, 0.2) is 12.7 Å². The quantitative estimate of drug-likeness (QED) is 0.503. The Bertz CT molecular complexity index is 101. The molecule has 0 unspecified atom stereocenters. The van der Waals surface area contributed by atoms with Gasteiger partial charge in [0.05, 0.1) is 5.37 Å². The largest absolute Gasteiger partial charge is 0.319 e. The molecular formula is C8H17NS. The van der Waals surface area contributed by atoms with Crippen LogP contribution in [-0.4, -0.2) is 10.6 Å². The van der Waals surface area contributed by atoms with E-state index in [1.54, 1.807) is 11.8 Å². The van der Waals surface area contributed by atoms with Gasteiger partial charge < -0.3 is 5.73 Å². The Balaban J connectivity index is 3.60. The van der Waals surface area contributed by atoms with Gasteiger partial charge in [0.1, 0.15) is 0 Å². The summed E-state index contributed by atoms with van der Waals surface area (Å²) < 4.78 is 0. The summed E-state index contributed by atoms with van der Waals surface area (Å²) in [5.74, 6) is 0.410. The fraction of sp³-hybridized carbons (Fsp3) is 0.750. The molecule has 0 aromatic heterocycles. The van der Waals surface area contributed by atoms with E-state index in [0.29, 0.717) is 11.2 Å². The second-order valence-electron chi connectivity index (χ2n) is 2.74. The van der Waals surface area contributed by atoms with Crippen molar-refractivity contribution in [1.82, 2.24) is 0 Å². The molecule has 0 saturated carbocycles. The minimum Gasteiger partial charge on any atom is -0.319 e. The van der Waals surface area contributed by atoms with E-state index in [2.05, 4.69) is 27.4 Å². The van der Waals surface area contributed by atoms with Crippen LogP contribution >= 0.6 is 11.8 Å². The first kappa shape index (κ1) is 10.0. The Kier molecular flexibility index (Phi) is 4.83. The van der Waals surface area contributed by atoms with E-state index in [0.717, 1.165) is 0 Å². The molecule has 0 bridgehead atoms. The zero-order valence-electron chi connectivity index (χ0n) is 7.00. The standard InChI is InChI=1S/C8H17NS/c1-5-7(4)8(9)10-6(2)3/h5-8H,1,9H2,2-4H3/t7-,8+/m0/s1. The topological polar surface area (TPSA) is 26.0 Å². The van der Waals surface area contributed by atoms with Gasteiger partial charge in [0, 0.05) is 5.25 Å². The Labute approximate surface area is 68.1 Å². The van der Waals surface area contributed by atoms with Crippen molar-refractivity contribution in [3.63, 3.8) is 0 Å². The fourth-order valence-corrected chi connectivity index (χ4v) is 1.56. The molecule has 0 saturated heterocycles. The van der Waals surface area contributed by atoms with Gasteiger partial charge in [-0.2, -0.15) is 0 Å². The SMILES string of the molecule is C=C[C@H](C)[C@H](N)SC(C)C. The highest BCUT2D eigenvalue weighted by molar-refractivity contribution is 8.00. The van der Waals surface area contributed by atoms with Crippen LogP contribution in [0.5, 0.6) is 0 Å². The van der Waals surface area contributed by atoms with E-state index in [1.165, 1.54) is 0 Å². The molecule has 60 valence electrons. The second-order valence-corrected chi connectivity index (χ2v) is 4.50. The molecule has 2 atom stereocenters. The first-order valence-electron chi connectivity index (χ1n) is 3.61. The summed E-state index contributed by atoms with van der Waals surface area (Å²) in [6, 6.07) is 0. The van der Waals surface area contributed by atoms with Gasteiger partial charge in [0.25, 0.3) is 0 Å². The third-order valence-electron chi connectivity index (χ3n) is 1.32. The minimum absolute atomic E-state index is 0.206. The van der Waals surface area contributed by atoms with Crippen molar-refractivity contribution in [2.24, 2.45) is 11.7 Å². The van der Waals surface area contributed by atoms with E-state index >= 15 is 0 Å². The molecule has 0 aromatic carbocycles. The Morgan fingerprint density at radius 2 is 1.90 bits per heavy atom. The summed E-state index contributed by atoms with van der Waals surface area (Å²) in [6.07, 6.45) is 1.90. The van der Waals surface area contributed by atoms with E-state index < -0.39 is 0 Å². The first-order valence-corrected chi connectivity index (χ1v) is 4.55. The molecule has 0 aromatic rings. The van der Waals surface area contributed by atoms with Crippen molar-refractivity contribution in [3.05, 3.63) is 12.7 Å². The van der Waals surface area contributed by atoms with E-state index in [4.69, 9.17) is 5.73 Å². The van der Waals surface area contributed by atoms with Gasteiger partial charge in [-0.1, -0.05) is 26.8 Å². The van der Waals surface area contributed by atoms with Crippen molar-refractivity contribution in [2.75, 3.05) is 0 Å². The van der Waals surface area contributed by atoms with Gasteiger partial charge in [-0.25, -0.2) is 0 Å². The lowest BCUT2D eigenvalue weighted by molar-refractivity contribution is 0.692. The Morgan fingerprint density at radius 1 is 1.40 bits per heavy atom. The van der Waals surface area contributed by atoms with Gasteiger partial charge in [-0.15, -0.1) is 18.3 Å². The third-order valence-corrected chi connectivity index (χ3v) is 2.61. The first-order chi connectivity index (χ1) is 4.57. The van der Waals surface area contributed by atoms with E-state index in [-0.39, 0.29) is 5.37 Å². The van der Waals surface area contributed by atoms with Crippen molar-refractivity contribution in [1.29, 1.82) is 0 Å². The lowest BCUT2D eigenvalue weighted by Crippen LogP contribution is -2.24. The molecule has 10 heavy (non-hydrogen) atoms. The van der Waals surface area contributed by atoms with Gasteiger partial charge >= 0.3 is 0 Å². The van der Waals surface area contributed by atoms with Crippen molar-refractivity contribution < 1.29 is 0 Å². The van der Waals surface area contributed by atoms with Crippen LogP contribution in [0.4, 0.5) is 0 Å². The van der Waals surface area contributed by atoms with Gasteiger partial charge in [-0.3, -0.25) is 0 Å². The van der Waals surface area contributed by atoms with Crippen molar-refractivity contribution in [2.45, 2.75) is 31.4 Å². The normalized spacial score (nSPS) is 16.9. The molecule has 2 N–H and O–H groups in total. The predicted molar refractivity (Wildman–Crippen MR) is 50.1 cm³/mol. The molecule has 0 amide bonds. The zero-order chi connectivity index (χ0) is 8.15. The van der Waals surface area contributed by atoms with Crippen LogP contribution in [-0.2, 0) is 0 Å². The predicted octanol–water partition coefficient (Wildman–Crippen LogP) is 2.23. The van der Waals surface area contributed by atoms with E-state index in [1.807, 2.05) is 6.08 Å². The molecule has 0 spiro atoms. The maximum Gasteiger partial charge on any atom is 0.0570 e. The molecule has 2 heteroatoms. The lowest BCUT2D eigenvalue weighted by atomic mass is 10.2. The summed E-state index contributed by atoms with van der Waals surface area (Å²) in [6.45, 7) is 10.1. The monoisotopic (exact) mass is 159 g/mol. The van der Waals surface area contributed by atoms with Crippen LogP contribution in [0.1, 0.15) is 20.8 Å². The van der Waals surface area contributed by atoms with Crippen LogP contribution in [0.3, 0.4) is 0 Å². The van der Waals surface area contributed by atoms with Gasteiger partial charge in [0.15, 0.2) is 0 Å².